The second-order valence-electron chi connectivity index (χ2n) is 4.58. The van der Waals surface area contributed by atoms with Crippen molar-refractivity contribution in [2.45, 2.75) is 23.8 Å². The number of rotatable bonds is 6. The van der Waals surface area contributed by atoms with E-state index in [9.17, 15) is 18.4 Å². The number of halogens is 2. The smallest absolute Gasteiger partial charge is 0.326 e. The van der Waals surface area contributed by atoms with Crippen LogP contribution >= 0.6 is 11.8 Å². The Morgan fingerprint density at radius 3 is 2.65 bits per heavy atom. The fraction of sp³-hybridized carbons (Fsp3) is 0.385. The predicted octanol–water partition coefficient (Wildman–Crippen LogP) is 2.04. The number of amides is 1. The Hall–Kier alpha value is -1.63. The number of hydrogen-bond acceptors (Lipinski definition) is 3. The number of aliphatic carboxylic acids is 1. The normalized spacial score (nSPS) is 15.7. The van der Waals surface area contributed by atoms with Crippen molar-refractivity contribution in [3.8, 4) is 0 Å². The van der Waals surface area contributed by atoms with Gasteiger partial charge in [0.25, 0.3) is 0 Å². The van der Waals surface area contributed by atoms with Gasteiger partial charge in [0.05, 0.1) is 5.75 Å². The second-order valence-corrected chi connectivity index (χ2v) is 5.60. The molecule has 108 valence electrons. The zero-order chi connectivity index (χ0) is 14.7. The monoisotopic (exact) mass is 301 g/mol. The highest BCUT2D eigenvalue weighted by atomic mass is 32.2. The van der Waals surface area contributed by atoms with Crippen LogP contribution in [0.15, 0.2) is 23.1 Å². The third kappa shape index (κ3) is 3.93. The quantitative estimate of drug-likeness (QED) is 0.789. The van der Waals surface area contributed by atoms with Gasteiger partial charge in [-0.25, -0.2) is 13.6 Å². The van der Waals surface area contributed by atoms with Gasteiger partial charge in [-0.05, 0) is 30.9 Å². The van der Waals surface area contributed by atoms with E-state index >= 15 is 0 Å². The van der Waals surface area contributed by atoms with Crippen molar-refractivity contribution < 1.29 is 23.5 Å². The predicted molar refractivity (Wildman–Crippen MR) is 69.4 cm³/mol. The molecule has 0 bridgehead atoms. The molecule has 0 aromatic heterocycles. The van der Waals surface area contributed by atoms with Gasteiger partial charge in [0.1, 0.15) is 17.7 Å². The van der Waals surface area contributed by atoms with Crippen LogP contribution < -0.4 is 5.32 Å². The number of carbonyl (C=O) groups excluding carboxylic acids is 1. The molecule has 1 atom stereocenters. The highest BCUT2D eigenvalue weighted by Crippen LogP contribution is 2.32. The van der Waals surface area contributed by atoms with E-state index in [2.05, 4.69) is 5.32 Å². The van der Waals surface area contributed by atoms with Gasteiger partial charge in [-0.1, -0.05) is 0 Å². The highest BCUT2D eigenvalue weighted by Gasteiger charge is 2.37. The molecule has 7 heteroatoms. The van der Waals surface area contributed by atoms with Gasteiger partial charge in [0.15, 0.2) is 0 Å². The third-order valence-corrected chi connectivity index (χ3v) is 3.98. The molecule has 0 aliphatic heterocycles. The van der Waals surface area contributed by atoms with Crippen molar-refractivity contribution in [3.05, 3.63) is 29.8 Å². The van der Waals surface area contributed by atoms with Crippen LogP contribution in [0.1, 0.15) is 12.8 Å². The van der Waals surface area contributed by atoms with Crippen molar-refractivity contribution in [1.29, 1.82) is 0 Å². The van der Waals surface area contributed by atoms with Crippen LogP contribution in [-0.4, -0.2) is 28.8 Å². The molecule has 1 saturated carbocycles. The molecule has 0 saturated heterocycles. The van der Waals surface area contributed by atoms with E-state index in [-0.39, 0.29) is 16.6 Å². The van der Waals surface area contributed by atoms with Crippen LogP contribution in [0.3, 0.4) is 0 Å². The summed E-state index contributed by atoms with van der Waals surface area (Å²) in [4.78, 5) is 22.8. The van der Waals surface area contributed by atoms with Crippen molar-refractivity contribution in [1.82, 2.24) is 5.32 Å². The molecule has 2 rings (SSSR count). The molecule has 1 aromatic carbocycles. The zero-order valence-corrected chi connectivity index (χ0v) is 11.3. The number of carboxylic acid groups (broad SMARTS) is 1. The van der Waals surface area contributed by atoms with Crippen LogP contribution in [-0.2, 0) is 9.59 Å². The SMILES string of the molecule is O=C(CSc1ccc(F)cc1F)NC(C(=O)O)C1CC1. The molecule has 1 aromatic rings. The molecule has 2 N–H and O–H groups in total. The first-order valence-electron chi connectivity index (χ1n) is 6.07. The van der Waals surface area contributed by atoms with E-state index in [0.29, 0.717) is 0 Å². The summed E-state index contributed by atoms with van der Waals surface area (Å²) in [5.41, 5.74) is 0. The molecule has 0 spiro atoms. The lowest BCUT2D eigenvalue weighted by atomic mass is 10.2. The fourth-order valence-electron chi connectivity index (χ4n) is 1.76. The molecule has 1 fully saturated rings. The van der Waals surface area contributed by atoms with Crippen LogP contribution in [0.25, 0.3) is 0 Å². The average Bonchev–Trinajstić information content (AvgIpc) is 3.18. The number of benzene rings is 1. The zero-order valence-electron chi connectivity index (χ0n) is 10.4. The van der Waals surface area contributed by atoms with E-state index in [1.54, 1.807) is 0 Å². The lowest BCUT2D eigenvalue weighted by molar-refractivity contribution is -0.142. The summed E-state index contributed by atoms with van der Waals surface area (Å²) in [6, 6.07) is 2.22. The van der Waals surface area contributed by atoms with Crippen LogP contribution in [0.5, 0.6) is 0 Å². The Morgan fingerprint density at radius 1 is 1.40 bits per heavy atom. The molecule has 1 aliphatic rings. The molecule has 4 nitrogen and oxygen atoms in total. The third-order valence-electron chi connectivity index (χ3n) is 2.93. The summed E-state index contributed by atoms with van der Waals surface area (Å²) in [7, 11) is 0. The van der Waals surface area contributed by atoms with E-state index < -0.39 is 29.6 Å². The Labute approximate surface area is 118 Å². The second kappa shape index (κ2) is 6.21. The standard InChI is InChI=1S/C13H13F2NO3S/c14-8-3-4-10(9(15)5-8)20-6-11(17)16-12(13(18)19)7-1-2-7/h3-5,7,12H,1-2,6H2,(H,16,17)(H,18,19). The minimum Gasteiger partial charge on any atom is -0.480 e. The minimum absolute atomic E-state index is 0.0102. The van der Waals surface area contributed by atoms with Crippen LogP contribution in [0.2, 0.25) is 0 Å². The first-order valence-corrected chi connectivity index (χ1v) is 7.06. The lowest BCUT2D eigenvalue weighted by Gasteiger charge is -2.13. The summed E-state index contributed by atoms with van der Waals surface area (Å²) < 4.78 is 26.1. The Kier molecular flexibility index (Phi) is 4.59. The molecule has 20 heavy (non-hydrogen) atoms. The van der Waals surface area contributed by atoms with Gasteiger partial charge in [-0.3, -0.25) is 4.79 Å². The highest BCUT2D eigenvalue weighted by molar-refractivity contribution is 8.00. The maximum Gasteiger partial charge on any atom is 0.326 e. The maximum atomic E-state index is 13.3. The molecular formula is C13H13F2NO3S. The number of nitrogens with one attached hydrogen (secondary N) is 1. The maximum absolute atomic E-state index is 13.3. The Morgan fingerprint density at radius 2 is 2.10 bits per heavy atom. The van der Waals surface area contributed by atoms with Gasteiger partial charge in [-0.2, -0.15) is 0 Å². The van der Waals surface area contributed by atoms with Gasteiger partial charge in [0.2, 0.25) is 5.91 Å². The first-order chi connectivity index (χ1) is 9.47. The average molecular weight is 301 g/mol. The molecule has 1 amide bonds. The van der Waals surface area contributed by atoms with E-state index in [1.807, 2.05) is 0 Å². The lowest BCUT2D eigenvalue weighted by Crippen LogP contribution is -2.43. The summed E-state index contributed by atoms with van der Waals surface area (Å²) in [6.07, 6.45) is 1.58. The van der Waals surface area contributed by atoms with Gasteiger partial charge in [0, 0.05) is 11.0 Å². The molecule has 1 aliphatic carbocycles. The number of hydrogen-bond donors (Lipinski definition) is 2. The van der Waals surface area contributed by atoms with E-state index in [4.69, 9.17) is 5.11 Å². The van der Waals surface area contributed by atoms with Crippen molar-refractivity contribution >= 4 is 23.6 Å². The summed E-state index contributed by atoms with van der Waals surface area (Å²) in [6.45, 7) is 0. The molecule has 0 radical (unpaired) electrons. The number of carbonyl (C=O) groups is 2. The Balaban J connectivity index is 1.86. The fourth-order valence-corrected chi connectivity index (χ4v) is 2.49. The van der Waals surface area contributed by atoms with Crippen LogP contribution in [0.4, 0.5) is 8.78 Å². The van der Waals surface area contributed by atoms with Crippen molar-refractivity contribution in [2.75, 3.05) is 5.75 Å². The van der Waals surface area contributed by atoms with Crippen molar-refractivity contribution in [2.24, 2.45) is 5.92 Å². The van der Waals surface area contributed by atoms with E-state index in [1.165, 1.54) is 6.07 Å². The number of carboxylic acids is 1. The van der Waals surface area contributed by atoms with Crippen LogP contribution in [0, 0.1) is 17.6 Å². The van der Waals surface area contributed by atoms with Gasteiger partial charge >= 0.3 is 5.97 Å². The van der Waals surface area contributed by atoms with Gasteiger partial charge in [-0.15, -0.1) is 11.8 Å². The topological polar surface area (TPSA) is 66.4 Å². The largest absolute Gasteiger partial charge is 0.480 e. The summed E-state index contributed by atoms with van der Waals surface area (Å²) >= 11 is 0.903. The molecule has 1 unspecified atom stereocenters. The summed E-state index contributed by atoms with van der Waals surface area (Å²) in [5, 5.41) is 11.4. The number of thioether (sulfide) groups is 1. The molecule has 0 heterocycles. The minimum atomic E-state index is -1.06. The first kappa shape index (κ1) is 14.8. The molecular weight excluding hydrogens is 288 g/mol. The van der Waals surface area contributed by atoms with Crippen molar-refractivity contribution in [3.63, 3.8) is 0 Å². The van der Waals surface area contributed by atoms with Gasteiger partial charge < -0.3 is 10.4 Å². The Bertz CT molecular complexity index is 534. The van der Waals surface area contributed by atoms with E-state index in [0.717, 1.165) is 36.7 Å². The summed E-state index contributed by atoms with van der Waals surface area (Å²) in [5.74, 6) is -3.07.